The molecule has 0 unspecified atom stereocenters. The van der Waals surface area contributed by atoms with Crippen molar-refractivity contribution < 1.29 is 0 Å². The molecule has 5 nitrogen and oxygen atoms in total. The van der Waals surface area contributed by atoms with Gasteiger partial charge in [0.1, 0.15) is 17.8 Å². The van der Waals surface area contributed by atoms with Crippen LogP contribution in [0.2, 0.25) is 0 Å². The second-order valence-corrected chi connectivity index (χ2v) is 4.60. The van der Waals surface area contributed by atoms with Crippen molar-refractivity contribution in [3.8, 4) is 11.1 Å². The van der Waals surface area contributed by atoms with Crippen LogP contribution in [0.15, 0.2) is 49.1 Å². The lowest BCUT2D eigenvalue weighted by atomic mass is 10.0. The molecule has 0 fully saturated rings. The van der Waals surface area contributed by atoms with E-state index in [1.165, 1.54) is 6.33 Å². The summed E-state index contributed by atoms with van der Waals surface area (Å²) in [5.41, 5.74) is 9.97. The summed E-state index contributed by atoms with van der Waals surface area (Å²) < 4.78 is 0. The third-order valence-corrected chi connectivity index (χ3v) is 3.43. The molecule has 0 aliphatic carbocycles. The number of hydrogen-bond donors (Lipinski definition) is 2. The first-order chi connectivity index (χ1) is 9.83. The van der Waals surface area contributed by atoms with Gasteiger partial charge in [0, 0.05) is 23.3 Å². The van der Waals surface area contributed by atoms with E-state index in [9.17, 15) is 0 Å². The van der Waals surface area contributed by atoms with Gasteiger partial charge in [0.25, 0.3) is 0 Å². The van der Waals surface area contributed by atoms with Crippen molar-refractivity contribution in [2.75, 3.05) is 5.73 Å². The van der Waals surface area contributed by atoms with Crippen LogP contribution >= 0.6 is 0 Å². The van der Waals surface area contributed by atoms with Gasteiger partial charge in [0.05, 0.1) is 5.39 Å². The highest BCUT2D eigenvalue weighted by Crippen LogP contribution is 2.31. The van der Waals surface area contributed by atoms with Crippen molar-refractivity contribution in [1.29, 1.82) is 0 Å². The maximum Gasteiger partial charge on any atom is 0.143 e. The summed E-state index contributed by atoms with van der Waals surface area (Å²) in [6.07, 6.45) is 5.04. The first kappa shape index (κ1) is 10.9. The van der Waals surface area contributed by atoms with Gasteiger partial charge in [0.15, 0.2) is 0 Å². The number of aromatic amines is 1. The van der Waals surface area contributed by atoms with Crippen LogP contribution in [0.5, 0.6) is 0 Å². The highest BCUT2D eigenvalue weighted by Gasteiger charge is 2.10. The minimum Gasteiger partial charge on any atom is -0.383 e. The molecule has 5 heteroatoms. The van der Waals surface area contributed by atoms with E-state index < -0.39 is 0 Å². The molecular formula is C15H11N5. The number of anilines is 1. The predicted octanol–water partition coefficient (Wildman–Crippen LogP) is 2.76. The van der Waals surface area contributed by atoms with Crippen LogP contribution in [0.25, 0.3) is 33.1 Å². The summed E-state index contributed by atoms with van der Waals surface area (Å²) in [7, 11) is 0. The number of pyridine rings is 1. The van der Waals surface area contributed by atoms with Crippen molar-refractivity contribution in [3.05, 3.63) is 49.1 Å². The van der Waals surface area contributed by atoms with Crippen LogP contribution in [0.4, 0.5) is 5.82 Å². The second-order valence-electron chi connectivity index (χ2n) is 4.60. The standard InChI is InChI=1S/C15H11N5/c16-14-13-11-7-10(9-3-5-17-6-4-9)1-2-12(11)20-15(13)19-8-18-14/h1-8H,(H3,16,18,19,20). The smallest absolute Gasteiger partial charge is 0.143 e. The monoisotopic (exact) mass is 261 g/mol. The van der Waals surface area contributed by atoms with E-state index in [-0.39, 0.29) is 0 Å². The topological polar surface area (TPSA) is 80.5 Å². The molecule has 3 N–H and O–H groups in total. The Labute approximate surface area is 114 Å². The lowest BCUT2D eigenvalue weighted by Gasteiger charge is -2.01. The van der Waals surface area contributed by atoms with Crippen molar-refractivity contribution in [2.45, 2.75) is 0 Å². The number of nitrogen functional groups attached to an aromatic ring is 1. The molecule has 4 aromatic rings. The van der Waals surface area contributed by atoms with Crippen LogP contribution in [0, 0.1) is 0 Å². The fraction of sp³-hybridized carbons (Fsp3) is 0. The second kappa shape index (κ2) is 4.03. The summed E-state index contributed by atoms with van der Waals surface area (Å²) >= 11 is 0. The molecule has 0 spiro atoms. The zero-order valence-corrected chi connectivity index (χ0v) is 10.5. The highest BCUT2D eigenvalue weighted by molar-refractivity contribution is 6.11. The highest BCUT2D eigenvalue weighted by atomic mass is 15.0. The lowest BCUT2D eigenvalue weighted by molar-refractivity contribution is 1.21. The van der Waals surface area contributed by atoms with Crippen LogP contribution in [0.3, 0.4) is 0 Å². The van der Waals surface area contributed by atoms with Gasteiger partial charge in [-0.05, 0) is 35.4 Å². The van der Waals surface area contributed by atoms with Gasteiger partial charge in [-0.3, -0.25) is 4.98 Å². The Morgan fingerprint density at radius 2 is 1.80 bits per heavy atom. The number of nitrogens with one attached hydrogen (secondary N) is 1. The Morgan fingerprint density at radius 3 is 2.65 bits per heavy atom. The fourth-order valence-electron chi connectivity index (χ4n) is 2.47. The van der Waals surface area contributed by atoms with E-state index in [1.54, 1.807) is 12.4 Å². The largest absolute Gasteiger partial charge is 0.383 e. The number of hydrogen-bond acceptors (Lipinski definition) is 4. The third kappa shape index (κ3) is 1.53. The first-order valence-electron chi connectivity index (χ1n) is 6.25. The van der Waals surface area contributed by atoms with Crippen molar-refractivity contribution in [1.82, 2.24) is 19.9 Å². The molecule has 3 aromatic heterocycles. The molecule has 96 valence electrons. The minimum atomic E-state index is 0.494. The van der Waals surface area contributed by atoms with Gasteiger partial charge in [-0.1, -0.05) is 6.07 Å². The number of H-pyrrole nitrogens is 1. The van der Waals surface area contributed by atoms with E-state index in [2.05, 4.69) is 32.1 Å². The molecule has 20 heavy (non-hydrogen) atoms. The first-order valence-corrected chi connectivity index (χ1v) is 6.25. The summed E-state index contributed by atoms with van der Waals surface area (Å²) in [5.74, 6) is 0.494. The summed E-state index contributed by atoms with van der Waals surface area (Å²) in [4.78, 5) is 15.6. The third-order valence-electron chi connectivity index (χ3n) is 3.43. The predicted molar refractivity (Wildman–Crippen MR) is 79.0 cm³/mol. The quantitative estimate of drug-likeness (QED) is 0.552. The molecular weight excluding hydrogens is 250 g/mol. The normalized spacial score (nSPS) is 11.2. The Hall–Kier alpha value is -2.95. The number of benzene rings is 1. The lowest BCUT2D eigenvalue weighted by Crippen LogP contribution is -1.91. The molecule has 1 aromatic carbocycles. The maximum atomic E-state index is 5.97. The van der Waals surface area contributed by atoms with Gasteiger partial charge < -0.3 is 10.7 Å². The maximum absolute atomic E-state index is 5.97. The number of nitrogens with zero attached hydrogens (tertiary/aromatic N) is 3. The average Bonchev–Trinajstić information content (AvgIpc) is 2.87. The van der Waals surface area contributed by atoms with Gasteiger partial charge in [-0.25, -0.2) is 9.97 Å². The Bertz CT molecular complexity index is 912. The minimum absolute atomic E-state index is 0.494. The zero-order chi connectivity index (χ0) is 13.5. The molecule has 0 amide bonds. The molecule has 0 bridgehead atoms. The van der Waals surface area contributed by atoms with E-state index in [4.69, 9.17) is 5.73 Å². The zero-order valence-electron chi connectivity index (χ0n) is 10.5. The molecule has 4 rings (SSSR count). The SMILES string of the molecule is Nc1ncnc2[nH]c3ccc(-c4ccncc4)cc3c12. The van der Waals surface area contributed by atoms with Gasteiger partial charge in [-0.15, -0.1) is 0 Å². The van der Waals surface area contributed by atoms with Gasteiger partial charge in [0.2, 0.25) is 0 Å². The number of rotatable bonds is 1. The van der Waals surface area contributed by atoms with Crippen molar-refractivity contribution in [2.24, 2.45) is 0 Å². The van der Waals surface area contributed by atoms with Crippen LogP contribution in [-0.2, 0) is 0 Å². The molecule has 0 aliphatic heterocycles. The van der Waals surface area contributed by atoms with Crippen LogP contribution in [0.1, 0.15) is 0 Å². The summed E-state index contributed by atoms with van der Waals surface area (Å²) in [5, 5.41) is 1.91. The van der Waals surface area contributed by atoms with E-state index in [1.807, 2.05) is 18.2 Å². The van der Waals surface area contributed by atoms with E-state index >= 15 is 0 Å². The van der Waals surface area contributed by atoms with Crippen LogP contribution < -0.4 is 5.73 Å². The number of aromatic nitrogens is 4. The molecule has 0 aliphatic rings. The van der Waals surface area contributed by atoms with Gasteiger partial charge in [-0.2, -0.15) is 0 Å². The number of nitrogens with two attached hydrogens (primary N) is 1. The van der Waals surface area contributed by atoms with Crippen molar-refractivity contribution >= 4 is 27.8 Å². The average molecular weight is 261 g/mol. The van der Waals surface area contributed by atoms with E-state index in [0.717, 1.165) is 33.1 Å². The van der Waals surface area contributed by atoms with Gasteiger partial charge >= 0.3 is 0 Å². The Balaban J connectivity index is 2.06. The van der Waals surface area contributed by atoms with Crippen LogP contribution in [-0.4, -0.2) is 19.9 Å². The molecule has 0 saturated heterocycles. The molecule has 3 heterocycles. The summed E-state index contributed by atoms with van der Waals surface area (Å²) in [6.45, 7) is 0. The Kier molecular flexibility index (Phi) is 2.20. The fourth-order valence-corrected chi connectivity index (χ4v) is 2.47. The molecule has 0 radical (unpaired) electrons. The molecule has 0 saturated carbocycles. The summed E-state index contributed by atoms with van der Waals surface area (Å²) in [6, 6.07) is 10.2. The molecule has 0 atom stereocenters. The van der Waals surface area contributed by atoms with E-state index in [0.29, 0.717) is 5.82 Å². The number of fused-ring (bicyclic) bond motifs is 3. The van der Waals surface area contributed by atoms with Crippen molar-refractivity contribution in [3.63, 3.8) is 0 Å². The Morgan fingerprint density at radius 1 is 0.950 bits per heavy atom.